The van der Waals surface area contributed by atoms with Crippen LogP contribution in [0.25, 0.3) is 0 Å². The van der Waals surface area contributed by atoms with E-state index < -0.39 is 102 Å². The van der Waals surface area contributed by atoms with E-state index in [1.165, 1.54) is 31.4 Å². The number of likely N-dealkylation sites (N-methyl/N-ethyl adjacent to an activating group) is 1. The third kappa shape index (κ3) is 7.47. The molecule has 16 heteroatoms. The maximum absolute atomic E-state index is 13.9. The summed E-state index contributed by atoms with van der Waals surface area (Å²) < 4.78 is 42.6. The monoisotopic (exact) mass is 811 g/mol. The number of carbonyl (C=O) groups is 4. The van der Waals surface area contributed by atoms with Crippen molar-refractivity contribution >= 4 is 23.3 Å². The number of hydrogen-bond donors (Lipinski definition) is 4. The number of ether oxygens (including phenoxy) is 7. The third-order valence-corrected chi connectivity index (χ3v) is 12.4. The highest BCUT2D eigenvalue weighted by molar-refractivity contribution is 6.30. The molecule has 16 nitrogen and oxygen atoms in total. The summed E-state index contributed by atoms with van der Waals surface area (Å²) >= 11 is 0. The number of Topliss-reactive ketones (excluding diaryl/α,β-unsaturated/α-hetero) is 1. The Bertz CT molecular complexity index is 1940. The zero-order chi connectivity index (χ0) is 42.0. The van der Waals surface area contributed by atoms with Gasteiger partial charge in [-0.1, -0.05) is 19.1 Å². The minimum absolute atomic E-state index is 0.00573. The van der Waals surface area contributed by atoms with Crippen molar-refractivity contribution in [3.8, 4) is 11.5 Å². The van der Waals surface area contributed by atoms with Crippen LogP contribution in [0.1, 0.15) is 121 Å². The second kappa shape index (κ2) is 16.3. The first-order valence-electron chi connectivity index (χ1n) is 19.9. The van der Waals surface area contributed by atoms with E-state index in [1.807, 2.05) is 19.0 Å². The van der Waals surface area contributed by atoms with Gasteiger partial charge in [-0.15, -0.1) is 0 Å². The number of benzene rings is 2. The molecule has 2 aromatic carbocycles. The second-order valence-corrected chi connectivity index (χ2v) is 16.3. The molecule has 2 aliphatic carbocycles. The normalized spacial score (nSPS) is 36.3. The van der Waals surface area contributed by atoms with Gasteiger partial charge in [-0.25, -0.2) is 0 Å². The van der Waals surface area contributed by atoms with Crippen molar-refractivity contribution < 1.29 is 72.8 Å². The first-order valence-corrected chi connectivity index (χ1v) is 19.9. The Kier molecular flexibility index (Phi) is 11.9. The van der Waals surface area contributed by atoms with Crippen LogP contribution in [0.3, 0.4) is 0 Å². The number of carbonyl (C=O) groups excluding carboxylic acids is 4. The maximum Gasteiger partial charge on any atom is 0.316 e. The van der Waals surface area contributed by atoms with Crippen LogP contribution < -0.4 is 0 Å². The van der Waals surface area contributed by atoms with Gasteiger partial charge in [-0.3, -0.25) is 19.2 Å². The molecule has 4 N–H and O–H groups in total. The van der Waals surface area contributed by atoms with Crippen molar-refractivity contribution in [1.82, 2.24) is 4.90 Å². The molecule has 5 aliphatic rings. The topological polar surface area (TPSA) is 217 Å². The lowest BCUT2D eigenvalue weighted by Gasteiger charge is -2.48. The predicted molar refractivity (Wildman–Crippen MR) is 201 cm³/mol. The number of methoxy groups -OCH3 is 1. The van der Waals surface area contributed by atoms with Gasteiger partial charge in [0.25, 0.3) is 0 Å². The van der Waals surface area contributed by atoms with E-state index >= 15 is 0 Å². The summed E-state index contributed by atoms with van der Waals surface area (Å²) in [7, 11) is 4.91. The third-order valence-electron chi connectivity index (χ3n) is 12.4. The highest BCUT2D eigenvalue weighted by atomic mass is 16.7. The standard InChI is InChI=1S/C42H53NO15/c1-8-42(51)17-28(33-22(35(42)41(50)52-7)14-23-34(38(33)49)37(48)32-21(36(23)47)10-9-11-26(32)45)56-30-15-24(43(5)6)39(19(3)54-30)58-31-16-27(46)40(20(4)55-31)57-29-13-12-25(44)18(2)53-29/h9-11,14,18-20,24,27-31,35,39-40,45-46,49,51H,8,12-13,15-17H2,1-7H3/t18-,19-,20-,24-,27-,28-,29+,30+,31+,35+,39+,40+,42-/m0/s1. The van der Waals surface area contributed by atoms with E-state index in [2.05, 4.69) is 0 Å². The Morgan fingerprint density at radius 3 is 2.21 bits per heavy atom. The van der Waals surface area contributed by atoms with Gasteiger partial charge in [0.2, 0.25) is 5.78 Å². The average molecular weight is 812 g/mol. The van der Waals surface area contributed by atoms with Gasteiger partial charge < -0.3 is 58.5 Å². The summed E-state index contributed by atoms with van der Waals surface area (Å²) in [4.78, 5) is 55.0. The van der Waals surface area contributed by atoms with Crippen LogP contribution in [0.15, 0.2) is 24.3 Å². The van der Waals surface area contributed by atoms with Crippen molar-refractivity contribution in [2.24, 2.45) is 0 Å². The minimum Gasteiger partial charge on any atom is -0.507 e. The zero-order valence-electron chi connectivity index (χ0n) is 33.7. The van der Waals surface area contributed by atoms with E-state index in [9.17, 15) is 39.6 Å². The predicted octanol–water partition coefficient (Wildman–Crippen LogP) is 3.16. The van der Waals surface area contributed by atoms with E-state index in [0.29, 0.717) is 12.8 Å². The molecule has 316 valence electrons. The van der Waals surface area contributed by atoms with Crippen LogP contribution in [0.5, 0.6) is 11.5 Å². The number of aliphatic hydroxyl groups is 2. The van der Waals surface area contributed by atoms with Gasteiger partial charge in [0.15, 0.2) is 30.4 Å². The summed E-state index contributed by atoms with van der Waals surface area (Å²) in [5.41, 5.74) is -2.49. The Labute approximate surface area is 336 Å². The molecule has 2 aromatic rings. The summed E-state index contributed by atoms with van der Waals surface area (Å²) in [5.74, 6) is -4.59. The van der Waals surface area contributed by atoms with Crippen LogP contribution in [0.4, 0.5) is 0 Å². The number of rotatable bonds is 9. The molecule has 0 amide bonds. The Morgan fingerprint density at radius 1 is 0.897 bits per heavy atom. The molecular formula is C42H53NO15. The Hall–Kier alpha value is -3.84. The summed E-state index contributed by atoms with van der Waals surface area (Å²) in [6.45, 7) is 6.95. The number of ketones is 3. The van der Waals surface area contributed by atoms with Crippen molar-refractivity contribution in [2.45, 2.75) is 145 Å². The van der Waals surface area contributed by atoms with Gasteiger partial charge in [0.05, 0.1) is 48.3 Å². The lowest BCUT2D eigenvalue weighted by atomic mass is 9.67. The number of aliphatic hydroxyl groups excluding tert-OH is 1. The molecule has 0 bridgehead atoms. The number of nitrogens with zero attached hydrogens (tertiary/aromatic N) is 1. The SMILES string of the molecule is CC[C@]1(O)C[C@H](O[C@@H]2C[C@H](N(C)C)[C@H](O[C@@H]3C[C@H](O)[C@H](O[C@@H]4CCC(=O)[C@H](C)O4)[C@H](C)O3)[C@H](C)O2)c2c(cc3c(c2O)C(=O)c2c(O)cccc2C3=O)[C@@H]1C(=O)OC. The number of phenols is 2. The fourth-order valence-electron chi connectivity index (χ4n) is 9.27. The van der Waals surface area contributed by atoms with Crippen LogP contribution >= 0.6 is 0 Å². The highest BCUT2D eigenvalue weighted by Gasteiger charge is 2.53. The van der Waals surface area contributed by atoms with Crippen LogP contribution in [-0.2, 0) is 42.7 Å². The van der Waals surface area contributed by atoms with Crippen molar-refractivity contribution in [2.75, 3.05) is 21.2 Å². The van der Waals surface area contributed by atoms with Crippen LogP contribution in [0, 0.1) is 0 Å². The molecule has 3 saturated heterocycles. The molecule has 7 rings (SSSR count). The van der Waals surface area contributed by atoms with Gasteiger partial charge in [-0.05, 0) is 59.0 Å². The average Bonchev–Trinajstić information content (AvgIpc) is 3.17. The fraction of sp³-hybridized carbons (Fsp3) is 0.619. The first-order chi connectivity index (χ1) is 27.5. The van der Waals surface area contributed by atoms with Crippen LogP contribution in [-0.4, -0.2) is 137 Å². The Morgan fingerprint density at radius 2 is 1.57 bits per heavy atom. The van der Waals surface area contributed by atoms with E-state index in [-0.39, 0.29) is 70.9 Å². The summed E-state index contributed by atoms with van der Waals surface area (Å²) in [6.07, 6.45) is -6.64. The smallest absolute Gasteiger partial charge is 0.316 e. The lowest BCUT2D eigenvalue weighted by molar-refractivity contribution is -0.324. The molecule has 0 radical (unpaired) electrons. The quantitative estimate of drug-likeness (QED) is 0.228. The lowest BCUT2D eigenvalue weighted by Crippen LogP contribution is -2.58. The summed E-state index contributed by atoms with van der Waals surface area (Å²) in [6, 6.07) is 5.11. The van der Waals surface area contributed by atoms with E-state index in [4.69, 9.17) is 33.2 Å². The molecule has 0 saturated carbocycles. The number of esters is 1. The van der Waals surface area contributed by atoms with E-state index in [1.54, 1.807) is 27.7 Å². The second-order valence-electron chi connectivity index (χ2n) is 16.3. The number of aromatic hydroxyl groups is 2. The molecule has 0 unspecified atom stereocenters. The van der Waals surface area contributed by atoms with Crippen molar-refractivity contribution in [3.63, 3.8) is 0 Å². The largest absolute Gasteiger partial charge is 0.507 e. The van der Waals surface area contributed by atoms with Gasteiger partial charge >= 0.3 is 5.97 Å². The molecule has 3 aliphatic heterocycles. The fourth-order valence-corrected chi connectivity index (χ4v) is 9.27. The molecule has 3 heterocycles. The van der Waals surface area contributed by atoms with Gasteiger partial charge in [0.1, 0.15) is 35.7 Å². The number of phenolic OH excluding ortho intramolecular Hbond substituents is 2. The molecule has 3 fully saturated rings. The van der Waals surface area contributed by atoms with Gasteiger partial charge in [-0.2, -0.15) is 0 Å². The maximum atomic E-state index is 13.9. The van der Waals surface area contributed by atoms with Gasteiger partial charge in [0, 0.05) is 54.8 Å². The molecule has 0 aromatic heterocycles. The molecule has 13 atom stereocenters. The minimum atomic E-state index is -1.76. The molecule has 0 spiro atoms. The zero-order valence-corrected chi connectivity index (χ0v) is 33.7. The summed E-state index contributed by atoms with van der Waals surface area (Å²) in [5, 5.41) is 45.9. The molecule has 58 heavy (non-hydrogen) atoms. The molecular weight excluding hydrogens is 758 g/mol. The van der Waals surface area contributed by atoms with Crippen LogP contribution in [0.2, 0.25) is 0 Å². The number of fused-ring (bicyclic) bond motifs is 3. The Balaban J connectivity index is 1.13. The van der Waals surface area contributed by atoms with E-state index in [0.717, 1.165) is 0 Å². The number of hydrogen-bond acceptors (Lipinski definition) is 16. The first kappa shape index (κ1) is 42.3. The highest BCUT2D eigenvalue weighted by Crippen LogP contribution is 2.54. The van der Waals surface area contributed by atoms with Crippen molar-refractivity contribution in [1.29, 1.82) is 0 Å². The van der Waals surface area contributed by atoms with Crippen molar-refractivity contribution in [3.05, 3.63) is 57.6 Å².